The van der Waals surface area contributed by atoms with Gasteiger partial charge in [-0.3, -0.25) is 0 Å². The number of likely N-dealkylation sites (N-methyl/N-ethyl adjacent to an activating group) is 1. The zero-order chi connectivity index (χ0) is 11.4. The fraction of sp³-hybridized carbons (Fsp3) is 0.636. The first-order valence-electron chi connectivity index (χ1n) is 5.66. The molecule has 0 aliphatic carbocycles. The van der Waals surface area contributed by atoms with Gasteiger partial charge in [-0.2, -0.15) is 0 Å². The molecule has 1 fully saturated rings. The normalized spacial score (nSPS) is 21.9. The van der Waals surface area contributed by atoms with Crippen LogP contribution >= 0.6 is 0 Å². The number of likely N-dealkylation sites (tertiary alicyclic amines) is 1. The van der Waals surface area contributed by atoms with Crippen LogP contribution in [0, 0.1) is 0 Å². The van der Waals surface area contributed by atoms with Gasteiger partial charge in [0.15, 0.2) is 0 Å². The van der Waals surface area contributed by atoms with Gasteiger partial charge in [0, 0.05) is 6.04 Å². The standard InChI is InChI=1S/C11H18N4O/c1-15-5-3-2-4-10(15)8-16-11-13-6-9(12)7-14-11/h6-7,10H,2-5,8,12H2,1H3. The molecule has 1 aromatic rings. The zero-order valence-corrected chi connectivity index (χ0v) is 9.59. The van der Waals surface area contributed by atoms with Crippen molar-refractivity contribution >= 4 is 5.69 Å². The summed E-state index contributed by atoms with van der Waals surface area (Å²) in [7, 11) is 2.14. The predicted molar refractivity (Wildman–Crippen MR) is 62.2 cm³/mol. The molecule has 0 bridgehead atoms. The van der Waals surface area contributed by atoms with Crippen LogP contribution in [-0.4, -0.2) is 41.1 Å². The number of hydrogen-bond donors (Lipinski definition) is 1. The van der Waals surface area contributed by atoms with E-state index < -0.39 is 0 Å². The summed E-state index contributed by atoms with van der Waals surface area (Å²) in [5, 5.41) is 0. The summed E-state index contributed by atoms with van der Waals surface area (Å²) < 4.78 is 5.55. The van der Waals surface area contributed by atoms with Gasteiger partial charge in [0.1, 0.15) is 6.61 Å². The van der Waals surface area contributed by atoms with Gasteiger partial charge in [-0.05, 0) is 26.4 Å². The van der Waals surface area contributed by atoms with E-state index in [1.54, 1.807) is 12.4 Å². The van der Waals surface area contributed by atoms with Crippen molar-refractivity contribution < 1.29 is 4.74 Å². The van der Waals surface area contributed by atoms with E-state index in [1.807, 2.05) is 0 Å². The highest BCUT2D eigenvalue weighted by molar-refractivity contribution is 5.30. The summed E-state index contributed by atoms with van der Waals surface area (Å²) in [6.45, 7) is 1.80. The first-order valence-corrected chi connectivity index (χ1v) is 5.66. The highest BCUT2D eigenvalue weighted by Gasteiger charge is 2.19. The van der Waals surface area contributed by atoms with E-state index in [2.05, 4.69) is 21.9 Å². The molecule has 1 atom stereocenters. The van der Waals surface area contributed by atoms with Crippen molar-refractivity contribution in [2.45, 2.75) is 25.3 Å². The Morgan fingerprint density at radius 3 is 2.88 bits per heavy atom. The third kappa shape index (κ3) is 2.82. The monoisotopic (exact) mass is 222 g/mol. The number of nitrogen functional groups attached to an aromatic ring is 1. The molecule has 5 heteroatoms. The van der Waals surface area contributed by atoms with Crippen molar-refractivity contribution in [2.75, 3.05) is 25.9 Å². The minimum atomic E-state index is 0.410. The van der Waals surface area contributed by atoms with Gasteiger partial charge in [-0.25, -0.2) is 9.97 Å². The Labute approximate surface area is 95.6 Å². The van der Waals surface area contributed by atoms with E-state index in [-0.39, 0.29) is 0 Å². The lowest BCUT2D eigenvalue weighted by Crippen LogP contribution is -2.40. The quantitative estimate of drug-likeness (QED) is 0.824. The van der Waals surface area contributed by atoms with E-state index >= 15 is 0 Å². The smallest absolute Gasteiger partial charge is 0.316 e. The van der Waals surface area contributed by atoms with Gasteiger partial charge >= 0.3 is 6.01 Å². The Morgan fingerprint density at radius 1 is 1.44 bits per heavy atom. The number of hydrogen-bond acceptors (Lipinski definition) is 5. The van der Waals surface area contributed by atoms with Crippen LogP contribution in [-0.2, 0) is 0 Å². The fourth-order valence-electron chi connectivity index (χ4n) is 1.93. The molecule has 0 amide bonds. The van der Waals surface area contributed by atoms with Crippen LogP contribution in [0.25, 0.3) is 0 Å². The maximum Gasteiger partial charge on any atom is 0.316 e. The Kier molecular flexibility index (Phi) is 3.56. The molecule has 0 spiro atoms. The number of nitrogens with two attached hydrogens (primary N) is 1. The lowest BCUT2D eigenvalue weighted by molar-refractivity contribution is 0.120. The molecule has 2 N–H and O–H groups in total. The average Bonchev–Trinajstić information content (AvgIpc) is 2.30. The number of aromatic nitrogens is 2. The summed E-state index contributed by atoms with van der Waals surface area (Å²) in [4.78, 5) is 10.4. The molecule has 16 heavy (non-hydrogen) atoms. The van der Waals surface area contributed by atoms with E-state index in [1.165, 1.54) is 19.3 Å². The molecular formula is C11H18N4O. The number of piperidine rings is 1. The van der Waals surface area contributed by atoms with Crippen LogP contribution < -0.4 is 10.5 Å². The second-order valence-corrected chi connectivity index (χ2v) is 4.24. The molecule has 5 nitrogen and oxygen atoms in total. The predicted octanol–water partition coefficient (Wildman–Crippen LogP) is 0.922. The van der Waals surface area contributed by atoms with Crippen LogP contribution in [0.4, 0.5) is 5.69 Å². The summed E-state index contributed by atoms with van der Waals surface area (Å²) >= 11 is 0. The number of anilines is 1. The van der Waals surface area contributed by atoms with Gasteiger partial charge in [0.2, 0.25) is 0 Å². The molecule has 2 rings (SSSR count). The van der Waals surface area contributed by atoms with Crippen molar-refractivity contribution in [3.63, 3.8) is 0 Å². The van der Waals surface area contributed by atoms with E-state index in [0.717, 1.165) is 6.54 Å². The molecule has 88 valence electrons. The average molecular weight is 222 g/mol. The molecule has 1 unspecified atom stereocenters. The number of rotatable bonds is 3. The third-order valence-corrected chi connectivity index (χ3v) is 2.97. The van der Waals surface area contributed by atoms with Crippen molar-refractivity contribution in [3.8, 4) is 6.01 Å². The lowest BCUT2D eigenvalue weighted by atomic mass is 10.0. The first-order chi connectivity index (χ1) is 7.75. The molecule has 1 aromatic heterocycles. The van der Waals surface area contributed by atoms with Gasteiger partial charge in [-0.1, -0.05) is 6.42 Å². The zero-order valence-electron chi connectivity index (χ0n) is 9.59. The van der Waals surface area contributed by atoms with Crippen molar-refractivity contribution in [2.24, 2.45) is 0 Å². The van der Waals surface area contributed by atoms with Gasteiger partial charge in [-0.15, -0.1) is 0 Å². The minimum absolute atomic E-state index is 0.410. The highest BCUT2D eigenvalue weighted by atomic mass is 16.5. The second-order valence-electron chi connectivity index (χ2n) is 4.24. The van der Waals surface area contributed by atoms with Crippen molar-refractivity contribution in [1.29, 1.82) is 0 Å². The largest absolute Gasteiger partial charge is 0.462 e. The summed E-state index contributed by atoms with van der Waals surface area (Å²) in [5.74, 6) is 0. The SMILES string of the molecule is CN1CCCCC1COc1ncc(N)cn1. The molecule has 1 aliphatic rings. The van der Waals surface area contributed by atoms with Crippen LogP contribution in [0.2, 0.25) is 0 Å². The fourth-order valence-corrected chi connectivity index (χ4v) is 1.93. The molecule has 0 radical (unpaired) electrons. The van der Waals surface area contributed by atoms with E-state index in [9.17, 15) is 0 Å². The molecule has 2 heterocycles. The van der Waals surface area contributed by atoms with Gasteiger partial charge in [0.05, 0.1) is 18.1 Å². The van der Waals surface area contributed by atoms with Crippen LogP contribution in [0.3, 0.4) is 0 Å². The molecule has 0 aromatic carbocycles. The van der Waals surface area contributed by atoms with E-state index in [4.69, 9.17) is 10.5 Å². The van der Waals surface area contributed by atoms with Crippen LogP contribution in [0.15, 0.2) is 12.4 Å². The molecule has 1 aliphatic heterocycles. The Bertz CT molecular complexity index is 327. The topological polar surface area (TPSA) is 64.3 Å². The second kappa shape index (κ2) is 5.12. The number of ether oxygens (including phenoxy) is 1. The van der Waals surface area contributed by atoms with E-state index in [0.29, 0.717) is 24.3 Å². The van der Waals surface area contributed by atoms with Crippen LogP contribution in [0.1, 0.15) is 19.3 Å². The maximum atomic E-state index is 5.55. The summed E-state index contributed by atoms with van der Waals surface area (Å²) in [6.07, 6.45) is 6.87. The van der Waals surface area contributed by atoms with Gasteiger partial charge < -0.3 is 15.4 Å². The molecule has 1 saturated heterocycles. The highest BCUT2D eigenvalue weighted by Crippen LogP contribution is 2.15. The maximum absolute atomic E-state index is 5.55. The third-order valence-electron chi connectivity index (χ3n) is 2.97. The van der Waals surface area contributed by atoms with Crippen molar-refractivity contribution in [1.82, 2.24) is 14.9 Å². The lowest BCUT2D eigenvalue weighted by Gasteiger charge is -2.31. The van der Waals surface area contributed by atoms with Crippen LogP contribution in [0.5, 0.6) is 6.01 Å². The van der Waals surface area contributed by atoms with Crippen molar-refractivity contribution in [3.05, 3.63) is 12.4 Å². The molecule has 0 saturated carbocycles. The number of nitrogens with zero attached hydrogens (tertiary/aromatic N) is 3. The minimum Gasteiger partial charge on any atom is -0.462 e. The first kappa shape index (κ1) is 11.1. The summed E-state index contributed by atoms with van der Waals surface area (Å²) in [6, 6.07) is 0.892. The summed E-state index contributed by atoms with van der Waals surface area (Å²) in [5.41, 5.74) is 6.06. The Hall–Kier alpha value is -1.36. The molecular weight excluding hydrogens is 204 g/mol. The Balaban J connectivity index is 1.84. The Morgan fingerprint density at radius 2 is 2.19 bits per heavy atom. The van der Waals surface area contributed by atoms with Gasteiger partial charge in [0.25, 0.3) is 0 Å².